The molecule has 1 aliphatic heterocycles. The average Bonchev–Trinajstić information content (AvgIpc) is 2.53. The van der Waals surface area contributed by atoms with Gasteiger partial charge >= 0.3 is 0 Å². The minimum atomic E-state index is -0.169. The molecular formula is C18H26N2O. The van der Waals surface area contributed by atoms with Crippen molar-refractivity contribution >= 4 is 5.91 Å². The summed E-state index contributed by atoms with van der Waals surface area (Å²) in [4.78, 5) is 12.5. The second kappa shape index (κ2) is 6.61. The summed E-state index contributed by atoms with van der Waals surface area (Å²) >= 11 is 0. The highest BCUT2D eigenvalue weighted by Crippen LogP contribution is 2.28. The van der Waals surface area contributed by atoms with Crippen LogP contribution in [0.1, 0.15) is 49.8 Å². The van der Waals surface area contributed by atoms with Gasteiger partial charge < -0.3 is 10.6 Å². The van der Waals surface area contributed by atoms with E-state index in [9.17, 15) is 4.79 Å². The number of benzene rings is 1. The monoisotopic (exact) mass is 286 g/mol. The Morgan fingerprint density at radius 2 is 2.00 bits per heavy atom. The van der Waals surface area contributed by atoms with Crippen LogP contribution < -0.4 is 10.6 Å². The molecule has 114 valence electrons. The lowest BCUT2D eigenvalue weighted by atomic mass is 9.83. The molecule has 2 aliphatic rings. The first kappa shape index (κ1) is 14.6. The van der Waals surface area contributed by atoms with E-state index in [1.165, 1.54) is 31.2 Å². The Bertz CT molecular complexity index is 492. The number of hydrogen-bond acceptors (Lipinski definition) is 2. The summed E-state index contributed by atoms with van der Waals surface area (Å²) in [5, 5.41) is 6.53. The summed E-state index contributed by atoms with van der Waals surface area (Å²) in [6.07, 6.45) is 6.16. The predicted molar refractivity (Wildman–Crippen MR) is 85.0 cm³/mol. The maximum Gasteiger partial charge on any atom is 0.241 e. The molecule has 1 heterocycles. The molecule has 3 nitrogen and oxygen atoms in total. The highest BCUT2D eigenvalue weighted by molar-refractivity contribution is 5.83. The van der Waals surface area contributed by atoms with E-state index >= 15 is 0 Å². The van der Waals surface area contributed by atoms with E-state index < -0.39 is 0 Å². The van der Waals surface area contributed by atoms with Crippen LogP contribution >= 0.6 is 0 Å². The Morgan fingerprint density at radius 1 is 1.24 bits per heavy atom. The number of hydrogen-bond donors (Lipinski definition) is 2. The van der Waals surface area contributed by atoms with Crippen LogP contribution in [0.25, 0.3) is 0 Å². The molecule has 0 bridgehead atoms. The first-order chi connectivity index (χ1) is 10.2. The quantitative estimate of drug-likeness (QED) is 0.897. The van der Waals surface area contributed by atoms with Crippen LogP contribution in [0.5, 0.6) is 0 Å². The summed E-state index contributed by atoms with van der Waals surface area (Å²) in [5.41, 5.74) is 2.46. The van der Waals surface area contributed by atoms with Gasteiger partial charge in [0.2, 0.25) is 5.91 Å². The smallest absolute Gasteiger partial charge is 0.241 e. The number of fused-ring (bicyclic) bond motifs is 1. The highest BCUT2D eigenvalue weighted by Gasteiger charge is 2.26. The van der Waals surface area contributed by atoms with E-state index in [-0.39, 0.29) is 11.9 Å². The third-order valence-electron chi connectivity index (χ3n) is 5.07. The summed E-state index contributed by atoms with van der Waals surface area (Å²) in [7, 11) is 0. The topological polar surface area (TPSA) is 41.1 Å². The van der Waals surface area contributed by atoms with Crippen LogP contribution in [0.4, 0.5) is 0 Å². The molecule has 3 rings (SSSR count). The van der Waals surface area contributed by atoms with Gasteiger partial charge in [-0.25, -0.2) is 0 Å². The molecule has 3 heteroatoms. The lowest BCUT2D eigenvalue weighted by molar-refractivity contribution is -0.123. The fraction of sp³-hybridized carbons (Fsp3) is 0.611. The Labute approximate surface area is 127 Å². The zero-order chi connectivity index (χ0) is 14.7. The van der Waals surface area contributed by atoms with Crippen molar-refractivity contribution in [3.63, 3.8) is 0 Å². The lowest BCUT2D eigenvalue weighted by Crippen LogP contribution is -2.43. The SMILES string of the molecule is CC1CCC(CNC(=O)C2NCCc3ccccc32)CC1. The van der Waals surface area contributed by atoms with E-state index in [1.807, 2.05) is 6.07 Å². The van der Waals surface area contributed by atoms with Gasteiger partial charge in [-0.2, -0.15) is 0 Å². The molecule has 2 N–H and O–H groups in total. The first-order valence-electron chi connectivity index (χ1n) is 8.33. The van der Waals surface area contributed by atoms with Crippen molar-refractivity contribution in [3.8, 4) is 0 Å². The number of rotatable bonds is 3. The summed E-state index contributed by atoms with van der Waals surface area (Å²) < 4.78 is 0. The van der Waals surface area contributed by atoms with E-state index in [4.69, 9.17) is 0 Å². The molecular weight excluding hydrogens is 260 g/mol. The molecule has 1 amide bonds. The molecule has 1 aromatic carbocycles. The minimum absolute atomic E-state index is 0.140. The molecule has 1 aliphatic carbocycles. The molecule has 0 saturated heterocycles. The number of amides is 1. The average molecular weight is 286 g/mol. The van der Waals surface area contributed by atoms with E-state index in [1.54, 1.807) is 0 Å². The van der Waals surface area contributed by atoms with Crippen molar-refractivity contribution in [2.24, 2.45) is 11.8 Å². The fourth-order valence-electron chi connectivity index (χ4n) is 3.62. The number of nitrogens with one attached hydrogen (secondary N) is 2. The van der Waals surface area contributed by atoms with Crippen LogP contribution in [-0.4, -0.2) is 19.0 Å². The normalized spacial score (nSPS) is 28.7. The van der Waals surface area contributed by atoms with Crippen molar-refractivity contribution in [1.29, 1.82) is 0 Å². The molecule has 0 spiro atoms. The second-order valence-corrected chi connectivity index (χ2v) is 6.71. The summed E-state index contributed by atoms with van der Waals surface area (Å²) in [6.45, 7) is 4.06. The zero-order valence-electron chi connectivity index (χ0n) is 12.9. The van der Waals surface area contributed by atoms with Crippen LogP contribution in [0, 0.1) is 11.8 Å². The minimum Gasteiger partial charge on any atom is -0.354 e. The van der Waals surface area contributed by atoms with Crippen LogP contribution in [-0.2, 0) is 11.2 Å². The van der Waals surface area contributed by atoms with Gasteiger partial charge in [0, 0.05) is 13.1 Å². The Morgan fingerprint density at radius 3 is 2.81 bits per heavy atom. The molecule has 21 heavy (non-hydrogen) atoms. The van der Waals surface area contributed by atoms with Gasteiger partial charge in [-0.3, -0.25) is 4.79 Å². The van der Waals surface area contributed by atoms with Crippen molar-refractivity contribution in [2.75, 3.05) is 13.1 Å². The van der Waals surface area contributed by atoms with Crippen molar-refractivity contribution in [3.05, 3.63) is 35.4 Å². The summed E-state index contributed by atoms with van der Waals surface area (Å²) in [5.74, 6) is 1.67. The third-order valence-corrected chi connectivity index (χ3v) is 5.07. The van der Waals surface area contributed by atoms with Crippen LogP contribution in [0.15, 0.2) is 24.3 Å². The fourth-order valence-corrected chi connectivity index (χ4v) is 3.62. The van der Waals surface area contributed by atoms with Gasteiger partial charge in [0.25, 0.3) is 0 Å². The largest absolute Gasteiger partial charge is 0.354 e. The van der Waals surface area contributed by atoms with Crippen LogP contribution in [0.3, 0.4) is 0 Å². The van der Waals surface area contributed by atoms with E-state index in [2.05, 4.69) is 35.8 Å². The van der Waals surface area contributed by atoms with Crippen molar-refractivity contribution < 1.29 is 4.79 Å². The molecule has 1 atom stereocenters. The molecule has 1 fully saturated rings. The zero-order valence-corrected chi connectivity index (χ0v) is 12.9. The Balaban J connectivity index is 1.57. The summed E-state index contributed by atoms with van der Waals surface area (Å²) in [6, 6.07) is 8.13. The van der Waals surface area contributed by atoms with Gasteiger partial charge in [0.1, 0.15) is 6.04 Å². The standard InChI is InChI=1S/C18H26N2O/c1-13-6-8-14(9-7-13)12-20-18(21)17-16-5-3-2-4-15(16)10-11-19-17/h2-5,13-14,17,19H,6-12H2,1H3,(H,20,21). The maximum atomic E-state index is 12.5. The highest BCUT2D eigenvalue weighted by atomic mass is 16.2. The van der Waals surface area contributed by atoms with Gasteiger partial charge in [0.05, 0.1) is 0 Å². The van der Waals surface area contributed by atoms with Crippen LogP contribution in [0.2, 0.25) is 0 Å². The maximum absolute atomic E-state index is 12.5. The van der Waals surface area contributed by atoms with Gasteiger partial charge in [-0.05, 0) is 42.2 Å². The predicted octanol–water partition coefficient (Wildman–Crippen LogP) is 2.82. The Hall–Kier alpha value is -1.35. The van der Waals surface area contributed by atoms with Crippen molar-refractivity contribution in [2.45, 2.75) is 45.1 Å². The first-order valence-corrected chi connectivity index (χ1v) is 8.33. The second-order valence-electron chi connectivity index (χ2n) is 6.71. The molecule has 1 aromatic rings. The van der Waals surface area contributed by atoms with Gasteiger partial charge in [0.15, 0.2) is 0 Å². The molecule has 0 radical (unpaired) electrons. The third kappa shape index (κ3) is 3.46. The number of carbonyl (C=O) groups excluding carboxylic acids is 1. The molecule has 1 saturated carbocycles. The number of carbonyl (C=O) groups is 1. The van der Waals surface area contributed by atoms with E-state index in [0.717, 1.165) is 31.0 Å². The Kier molecular flexibility index (Phi) is 4.59. The van der Waals surface area contributed by atoms with E-state index in [0.29, 0.717) is 5.92 Å². The lowest BCUT2D eigenvalue weighted by Gasteiger charge is -2.29. The molecule has 0 aromatic heterocycles. The van der Waals surface area contributed by atoms with Crippen molar-refractivity contribution in [1.82, 2.24) is 10.6 Å². The van der Waals surface area contributed by atoms with Gasteiger partial charge in [-0.15, -0.1) is 0 Å². The van der Waals surface area contributed by atoms with Gasteiger partial charge in [-0.1, -0.05) is 44.0 Å². The molecule has 1 unspecified atom stereocenters.